The summed E-state index contributed by atoms with van der Waals surface area (Å²) in [5, 5.41) is 4.44. The van der Waals surface area contributed by atoms with E-state index in [1.54, 1.807) is 13.3 Å². The lowest BCUT2D eigenvalue weighted by Crippen LogP contribution is -2.06. The summed E-state index contributed by atoms with van der Waals surface area (Å²) in [7, 11) is 1.65. The number of methoxy groups -OCH3 is 1. The van der Waals surface area contributed by atoms with Gasteiger partial charge in [0.2, 0.25) is 0 Å². The number of rotatable bonds is 7. The van der Waals surface area contributed by atoms with Crippen molar-refractivity contribution < 1.29 is 4.74 Å². The first-order chi connectivity index (χ1) is 14.2. The number of nitrogens with one attached hydrogen (secondary N) is 2. The van der Waals surface area contributed by atoms with E-state index in [4.69, 9.17) is 10.5 Å². The average Bonchev–Trinajstić information content (AvgIpc) is 2.78. The molecule has 0 aliphatic rings. The summed E-state index contributed by atoms with van der Waals surface area (Å²) in [6.07, 6.45) is 1.80. The SMILES string of the molecule is COc1ccc(SNc2ccc(N)c(NCc3ccc4ncccc4c3)n2)cc1. The van der Waals surface area contributed by atoms with E-state index < -0.39 is 0 Å². The molecule has 0 amide bonds. The third-order valence-electron chi connectivity index (χ3n) is 4.39. The molecule has 2 aromatic heterocycles. The van der Waals surface area contributed by atoms with Gasteiger partial charge in [-0.15, -0.1) is 0 Å². The van der Waals surface area contributed by atoms with Gasteiger partial charge >= 0.3 is 0 Å². The molecule has 4 aromatic rings. The van der Waals surface area contributed by atoms with Crippen LogP contribution in [0.4, 0.5) is 17.3 Å². The van der Waals surface area contributed by atoms with Crippen LogP contribution in [-0.4, -0.2) is 17.1 Å². The van der Waals surface area contributed by atoms with Crippen LogP contribution in [0.5, 0.6) is 5.75 Å². The number of benzene rings is 2. The predicted octanol–water partition coefficient (Wildman–Crippen LogP) is 4.95. The molecular formula is C22H21N5OS. The van der Waals surface area contributed by atoms with Gasteiger partial charge in [0.05, 0.1) is 18.3 Å². The smallest absolute Gasteiger partial charge is 0.151 e. The van der Waals surface area contributed by atoms with Gasteiger partial charge in [-0.2, -0.15) is 0 Å². The zero-order valence-corrected chi connectivity index (χ0v) is 16.7. The lowest BCUT2D eigenvalue weighted by atomic mass is 10.1. The van der Waals surface area contributed by atoms with Crippen LogP contribution in [-0.2, 0) is 6.54 Å². The second-order valence-corrected chi connectivity index (χ2v) is 7.28. The Kier molecular flexibility index (Phi) is 5.67. The molecule has 0 radical (unpaired) electrons. The Hall–Kier alpha value is -3.45. The Balaban J connectivity index is 1.41. The molecule has 0 aliphatic carbocycles. The van der Waals surface area contributed by atoms with Crippen LogP contribution in [0.2, 0.25) is 0 Å². The van der Waals surface area contributed by atoms with Crippen molar-refractivity contribution >= 4 is 40.2 Å². The van der Waals surface area contributed by atoms with Crippen molar-refractivity contribution in [2.75, 3.05) is 22.9 Å². The van der Waals surface area contributed by atoms with Gasteiger partial charge in [0.15, 0.2) is 5.82 Å². The highest BCUT2D eigenvalue weighted by Gasteiger charge is 2.05. The molecule has 2 aromatic carbocycles. The largest absolute Gasteiger partial charge is 0.497 e. The fourth-order valence-electron chi connectivity index (χ4n) is 2.84. The molecule has 0 saturated carbocycles. The number of nitrogens with zero attached hydrogens (tertiary/aromatic N) is 2. The molecule has 6 nitrogen and oxygen atoms in total. The van der Waals surface area contributed by atoms with Gasteiger partial charge in [-0.25, -0.2) is 4.98 Å². The minimum atomic E-state index is 0.604. The highest BCUT2D eigenvalue weighted by molar-refractivity contribution is 8.00. The zero-order chi connectivity index (χ0) is 20.1. The molecule has 4 rings (SSSR count). The Labute approximate surface area is 173 Å². The molecule has 0 aliphatic heterocycles. The summed E-state index contributed by atoms with van der Waals surface area (Å²) < 4.78 is 8.43. The number of hydrogen-bond acceptors (Lipinski definition) is 7. The van der Waals surface area contributed by atoms with Gasteiger partial charge in [-0.3, -0.25) is 4.98 Å². The van der Waals surface area contributed by atoms with Crippen LogP contribution in [0.15, 0.2) is 77.8 Å². The fourth-order valence-corrected chi connectivity index (χ4v) is 3.45. The monoisotopic (exact) mass is 403 g/mol. The van der Waals surface area contributed by atoms with Crippen LogP contribution < -0.4 is 20.5 Å². The summed E-state index contributed by atoms with van der Waals surface area (Å²) in [4.78, 5) is 10.0. The third kappa shape index (κ3) is 4.70. The van der Waals surface area contributed by atoms with E-state index in [1.807, 2.05) is 48.5 Å². The average molecular weight is 404 g/mol. The third-order valence-corrected chi connectivity index (χ3v) is 5.21. The zero-order valence-electron chi connectivity index (χ0n) is 15.9. The van der Waals surface area contributed by atoms with Crippen LogP contribution in [0.25, 0.3) is 10.9 Å². The van der Waals surface area contributed by atoms with Gasteiger partial charge in [-0.05, 0) is 72.1 Å². The molecule has 29 heavy (non-hydrogen) atoms. The Bertz CT molecular complexity index is 1120. The number of aromatic nitrogens is 2. The lowest BCUT2D eigenvalue weighted by molar-refractivity contribution is 0.414. The van der Waals surface area contributed by atoms with Gasteiger partial charge in [0, 0.05) is 23.0 Å². The Morgan fingerprint density at radius 1 is 1.03 bits per heavy atom. The van der Waals surface area contributed by atoms with E-state index in [0.29, 0.717) is 18.1 Å². The summed E-state index contributed by atoms with van der Waals surface area (Å²) in [6.45, 7) is 0.622. The summed E-state index contributed by atoms with van der Waals surface area (Å²) in [6, 6.07) is 21.7. The standard InChI is InChI=1S/C22H21N5OS/c1-28-17-5-7-18(8-6-17)29-27-21-11-9-19(23)22(26-21)25-14-15-4-10-20-16(13-15)3-2-12-24-20/h2-13H,14,23H2,1H3,(H2,25,26,27). The topological polar surface area (TPSA) is 85.1 Å². The molecule has 0 unspecified atom stereocenters. The second-order valence-electron chi connectivity index (χ2n) is 6.40. The minimum Gasteiger partial charge on any atom is -0.497 e. The van der Waals surface area contributed by atoms with E-state index in [9.17, 15) is 0 Å². The van der Waals surface area contributed by atoms with Crippen molar-refractivity contribution in [3.63, 3.8) is 0 Å². The van der Waals surface area contributed by atoms with Crippen LogP contribution in [0, 0.1) is 0 Å². The Morgan fingerprint density at radius 3 is 2.72 bits per heavy atom. The van der Waals surface area contributed by atoms with E-state index in [2.05, 4.69) is 38.2 Å². The molecule has 0 spiro atoms. The molecule has 2 heterocycles. The van der Waals surface area contributed by atoms with E-state index in [-0.39, 0.29) is 0 Å². The van der Waals surface area contributed by atoms with Crippen LogP contribution in [0.3, 0.4) is 0 Å². The van der Waals surface area contributed by atoms with Gasteiger partial charge in [0.1, 0.15) is 11.6 Å². The molecule has 0 bridgehead atoms. The van der Waals surface area contributed by atoms with E-state index in [0.717, 1.165) is 32.9 Å². The van der Waals surface area contributed by atoms with Crippen LogP contribution in [0.1, 0.15) is 5.56 Å². The molecule has 146 valence electrons. The number of ether oxygens (including phenoxy) is 1. The maximum atomic E-state index is 6.10. The molecule has 7 heteroatoms. The van der Waals surface area contributed by atoms with Crippen molar-refractivity contribution in [3.8, 4) is 5.75 Å². The van der Waals surface area contributed by atoms with Crippen molar-refractivity contribution in [2.45, 2.75) is 11.4 Å². The van der Waals surface area contributed by atoms with Crippen molar-refractivity contribution in [1.29, 1.82) is 0 Å². The van der Waals surface area contributed by atoms with Crippen molar-refractivity contribution in [2.24, 2.45) is 0 Å². The maximum Gasteiger partial charge on any atom is 0.151 e. The lowest BCUT2D eigenvalue weighted by Gasteiger charge is -2.12. The summed E-state index contributed by atoms with van der Waals surface area (Å²) >= 11 is 1.48. The highest BCUT2D eigenvalue weighted by Crippen LogP contribution is 2.25. The number of nitrogen functional groups attached to an aromatic ring is 1. The highest BCUT2D eigenvalue weighted by atomic mass is 32.2. The molecular weight excluding hydrogens is 382 g/mol. The first kappa shape index (κ1) is 18.9. The van der Waals surface area contributed by atoms with Gasteiger partial charge in [-0.1, -0.05) is 12.1 Å². The van der Waals surface area contributed by atoms with Gasteiger partial charge < -0.3 is 20.5 Å². The summed E-state index contributed by atoms with van der Waals surface area (Å²) in [5.74, 6) is 2.21. The van der Waals surface area contributed by atoms with Crippen molar-refractivity contribution in [1.82, 2.24) is 9.97 Å². The normalized spacial score (nSPS) is 10.7. The molecule has 0 saturated heterocycles. The Morgan fingerprint density at radius 2 is 1.90 bits per heavy atom. The molecule has 0 atom stereocenters. The second kappa shape index (κ2) is 8.70. The minimum absolute atomic E-state index is 0.604. The number of pyridine rings is 2. The van der Waals surface area contributed by atoms with Gasteiger partial charge in [0.25, 0.3) is 0 Å². The number of fused-ring (bicyclic) bond motifs is 1. The molecule has 4 N–H and O–H groups in total. The first-order valence-electron chi connectivity index (χ1n) is 9.12. The summed E-state index contributed by atoms with van der Waals surface area (Å²) in [5.41, 5.74) is 8.82. The maximum absolute atomic E-state index is 6.10. The predicted molar refractivity (Wildman–Crippen MR) is 120 cm³/mol. The molecule has 0 fully saturated rings. The quantitative estimate of drug-likeness (QED) is 0.376. The van der Waals surface area contributed by atoms with Crippen molar-refractivity contribution in [3.05, 3.63) is 78.5 Å². The number of anilines is 3. The van der Waals surface area contributed by atoms with Crippen LogP contribution >= 0.6 is 11.9 Å². The first-order valence-corrected chi connectivity index (χ1v) is 9.94. The number of nitrogens with two attached hydrogens (primary N) is 1. The van der Waals surface area contributed by atoms with E-state index in [1.165, 1.54) is 11.9 Å². The van der Waals surface area contributed by atoms with E-state index >= 15 is 0 Å². The number of hydrogen-bond donors (Lipinski definition) is 3. The fraction of sp³-hybridized carbons (Fsp3) is 0.0909.